The topological polar surface area (TPSA) is 69.6 Å². The summed E-state index contributed by atoms with van der Waals surface area (Å²) in [5.41, 5.74) is -0.816. The van der Waals surface area contributed by atoms with Gasteiger partial charge in [-0.15, -0.1) is 0 Å². The standard InChI is InChI=1S/C16H21F3N4O2S/c1-8-3-4-23(8)15-20-13(16(17,18)19)9(2)14(21-15)22-5-10-11(6-22)12(10)7-26(24)25/h8,10-12H,3-7H2,1-2H3,(H,24,25)/t8-,10-,11+,12?/m0/s1. The van der Waals surface area contributed by atoms with Crippen molar-refractivity contribution in [1.82, 2.24) is 9.97 Å². The average Bonchev–Trinajstić information content (AvgIpc) is 2.96. The SMILES string of the molecule is Cc1c(N2C[C@@H]3C(CS(=O)O)[C@@H]3C2)nc(N2CC[C@@H]2C)nc1C(F)(F)F. The van der Waals surface area contributed by atoms with Crippen LogP contribution >= 0.6 is 0 Å². The third-order valence-corrected chi connectivity index (χ3v) is 6.63. The minimum atomic E-state index is -4.52. The highest BCUT2D eigenvalue weighted by Gasteiger charge is 2.56. The van der Waals surface area contributed by atoms with Crippen molar-refractivity contribution in [2.45, 2.75) is 32.5 Å². The molecule has 5 atom stereocenters. The highest BCUT2D eigenvalue weighted by molar-refractivity contribution is 7.79. The van der Waals surface area contributed by atoms with Crippen LogP contribution in [0.2, 0.25) is 0 Å². The average molecular weight is 390 g/mol. The van der Waals surface area contributed by atoms with E-state index in [9.17, 15) is 17.4 Å². The van der Waals surface area contributed by atoms with Crippen LogP contribution in [0.5, 0.6) is 0 Å². The van der Waals surface area contributed by atoms with Gasteiger partial charge >= 0.3 is 6.18 Å². The maximum atomic E-state index is 13.5. The Morgan fingerprint density at radius 2 is 1.92 bits per heavy atom. The zero-order valence-electron chi connectivity index (χ0n) is 14.5. The van der Waals surface area contributed by atoms with E-state index in [1.807, 2.05) is 11.8 Å². The number of aromatic nitrogens is 2. The van der Waals surface area contributed by atoms with Gasteiger partial charge in [0, 0.05) is 31.2 Å². The van der Waals surface area contributed by atoms with E-state index in [2.05, 4.69) is 9.97 Å². The summed E-state index contributed by atoms with van der Waals surface area (Å²) < 4.78 is 60.5. The summed E-state index contributed by atoms with van der Waals surface area (Å²) in [5, 5.41) is 0. The molecule has 0 amide bonds. The zero-order valence-corrected chi connectivity index (χ0v) is 15.3. The third kappa shape index (κ3) is 2.96. The maximum Gasteiger partial charge on any atom is 0.433 e. The molecule has 0 spiro atoms. The van der Waals surface area contributed by atoms with E-state index in [4.69, 9.17) is 4.55 Å². The predicted molar refractivity (Wildman–Crippen MR) is 91.5 cm³/mol. The fourth-order valence-corrected chi connectivity index (χ4v) is 5.08. The Kier molecular flexibility index (Phi) is 4.18. The lowest BCUT2D eigenvalue weighted by atomic mass is 10.1. The molecule has 1 aromatic rings. The first-order valence-electron chi connectivity index (χ1n) is 8.71. The summed E-state index contributed by atoms with van der Waals surface area (Å²) in [6.45, 7) is 5.19. The van der Waals surface area contributed by atoms with Gasteiger partial charge in [0.25, 0.3) is 0 Å². The third-order valence-electron chi connectivity index (χ3n) is 5.96. The van der Waals surface area contributed by atoms with E-state index in [-0.39, 0.29) is 41.1 Å². The number of alkyl halides is 3. The van der Waals surface area contributed by atoms with Crippen molar-refractivity contribution in [2.75, 3.05) is 35.2 Å². The normalized spacial score (nSPS) is 31.6. The summed E-state index contributed by atoms with van der Waals surface area (Å²) in [6.07, 6.45) is -3.61. The zero-order chi connectivity index (χ0) is 18.8. The highest BCUT2D eigenvalue weighted by atomic mass is 32.2. The van der Waals surface area contributed by atoms with Crippen LogP contribution in [0.3, 0.4) is 0 Å². The molecule has 1 saturated carbocycles. The van der Waals surface area contributed by atoms with E-state index < -0.39 is 23.0 Å². The first kappa shape index (κ1) is 18.0. The Balaban J connectivity index is 1.62. The molecular weight excluding hydrogens is 369 g/mol. The summed E-state index contributed by atoms with van der Waals surface area (Å²) in [5.74, 6) is 1.46. The summed E-state index contributed by atoms with van der Waals surface area (Å²) in [6, 6.07) is 0.141. The van der Waals surface area contributed by atoms with Gasteiger partial charge in [-0.3, -0.25) is 0 Å². The molecule has 0 radical (unpaired) electrons. The quantitative estimate of drug-likeness (QED) is 0.796. The summed E-state index contributed by atoms with van der Waals surface area (Å²) in [7, 11) is 0. The van der Waals surface area contributed by atoms with Gasteiger partial charge in [-0.1, -0.05) is 0 Å². The van der Waals surface area contributed by atoms with Crippen molar-refractivity contribution in [2.24, 2.45) is 17.8 Å². The van der Waals surface area contributed by atoms with Crippen LogP contribution in [0, 0.1) is 24.7 Å². The number of piperidine rings is 1. The van der Waals surface area contributed by atoms with Crippen molar-refractivity contribution >= 4 is 22.8 Å². The number of hydrogen-bond donors (Lipinski definition) is 1. The lowest BCUT2D eigenvalue weighted by Gasteiger charge is -2.39. The molecule has 2 saturated heterocycles. The van der Waals surface area contributed by atoms with Gasteiger partial charge in [-0.2, -0.15) is 18.2 Å². The molecule has 2 aliphatic heterocycles. The van der Waals surface area contributed by atoms with Crippen molar-refractivity contribution in [3.05, 3.63) is 11.3 Å². The molecule has 6 nitrogen and oxygen atoms in total. The lowest BCUT2D eigenvalue weighted by molar-refractivity contribution is -0.141. The second kappa shape index (κ2) is 6.05. The number of fused-ring (bicyclic) bond motifs is 1. The fourth-order valence-electron chi connectivity index (χ4n) is 4.25. The maximum absolute atomic E-state index is 13.5. The smallest absolute Gasteiger partial charge is 0.356 e. The Morgan fingerprint density at radius 3 is 2.38 bits per heavy atom. The number of hydrogen-bond acceptors (Lipinski definition) is 5. The molecule has 0 aromatic carbocycles. The monoisotopic (exact) mass is 390 g/mol. The first-order valence-corrected chi connectivity index (χ1v) is 9.99. The van der Waals surface area contributed by atoms with E-state index in [1.54, 1.807) is 4.90 Å². The molecule has 3 heterocycles. The largest absolute Gasteiger partial charge is 0.433 e. The lowest BCUT2D eigenvalue weighted by Crippen LogP contribution is -2.47. The summed E-state index contributed by atoms with van der Waals surface area (Å²) in [4.78, 5) is 12.0. The Hall–Kier alpha value is -1.42. The van der Waals surface area contributed by atoms with Gasteiger partial charge in [-0.05, 0) is 38.0 Å². The second-order valence-electron chi connectivity index (χ2n) is 7.53. The van der Waals surface area contributed by atoms with Crippen LogP contribution in [0.4, 0.5) is 24.9 Å². The minimum Gasteiger partial charge on any atom is -0.356 e. The van der Waals surface area contributed by atoms with Gasteiger partial charge < -0.3 is 14.4 Å². The van der Waals surface area contributed by atoms with E-state index in [0.29, 0.717) is 25.5 Å². The van der Waals surface area contributed by atoms with Crippen LogP contribution in [0.1, 0.15) is 24.6 Å². The molecule has 10 heteroatoms. The molecule has 26 heavy (non-hydrogen) atoms. The highest BCUT2D eigenvalue weighted by Crippen LogP contribution is 2.53. The molecule has 4 rings (SSSR count). The molecule has 0 bridgehead atoms. The molecule has 3 fully saturated rings. The predicted octanol–water partition coefficient (Wildman–Crippen LogP) is 2.31. The van der Waals surface area contributed by atoms with Gasteiger partial charge in [-0.25, -0.2) is 9.19 Å². The van der Waals surface area contributed by atoms with Crippen molar-refractivity contribution in [3.63, 3.8) is 0 Å². The molecule has 144 valence electrons. The Labute approximate surface area is 152 Å². The summed E-state index contributed by atoms with van der Waals surface area (Å²) >= 11 is -1.82. The van der Waals surface area contributed by atoms with E-state index in [1.165, 1.54) is 6.92 Å². The van der Waals surface area contributed by atoms with Crippen LogP contribution < -0.4 is 9.80 Å². The van der Waals surface area contributed by atoms with Crippen LogP contribution in [-0.4, -0.2) is 50.2 Å². The number of rotatable bonds is 4. The van der Waals surface area contributed by atoms with Gasteiger partial charge in [0.1, 0.15) is 5.82 Å². The van der Waals surface area contributed by atoms with Crippen molar-refractivity contribution in [1.29, 1.82) is 0 Å². The van der Waals surface area contributed by atoms with Gasteiger partial charge in [0.05, 0.1) is 5.75 Å². The van der Waals surface area contributed by atoms with Crippen LogP contribution in [-0.2, 0) is 17.3 Å². The van der Waals surface area contributed by atoms with Crippen molar-refractivity contribution in [3.8, 4) is 0 Å². The van der Waals surface area contributed by atoms with Crippen molar-refractivity contribution < 1.29 is 21.9 Å². The second-order valence-corrected chi connectivity index (χ2v) is 8.51. The van der Waals surface area contributed by atoms with Gasteiger partial charge in [0.15, 0.2) is 16.8 Å². The van der Waals surface area contributed by atoms with Gasteiger partial charge in [0.2, 0.25) is 5.95 Å². The van der Waals surface area contributed by atoms with Crippen LogP contribution in [0.25, 0.3) is 0 Å². The number of nitrogens with zero attached hydrogens (tertiary/aromatic N) is 4. The Morgan fingerprint density at radius 1 is 1.27 bits per heavy atom. The number of anilines is 2. The first-order chi connectivity index (χ1) is 12.2. The molecule has 2 unspecified atom stereocenters. The van der Waals surface area contributed by atoms with E-state index >= 15 is 0 Å². The number of halogens is 3. The van der Waals surface area contributed by atoms with E-state index in [0.717, 1.165) is 6.42 Å². The minimum absolute atomic E-state index is 0.0537. The molecule has 1 aromatic heterocycles. The molecule has 1 aliphatic carbocycles. The fraction of sp³-hybridized carbons (Fsp3) is 0.750. The van der Waals surface area contributed by atoms with Crippen LogP contribution in [0.15, 0.2) is 0 Å². The molecular formula is C16H21F3N4O2S. The molecule has 3 aliphatic rings. The molecule has 1 N–H and O–H groups in total. The Bertz CT molecular complexity index is 748.